The number of aromatic amines is 1. The molecule has 1 N–H and O–H groups in total. The van der Waals surface area contributed by atoms with Crippen molar-refractivity contribution in [2.24, 2.45) is 0 Å². The monoisotopic (exact) mass is 243 g/mol. The zero-order valence-corrected chi connectivity index (χ0v) is 10.7. The molecule has 0 fully saturated rings. The molecule has 0 aliphatic carbocycles. The van der Waals surface area contributed by atoms with Gasteiger partial charge in [0.1, 0.15) is 5.82 Å². The minimum atomic E-state index is -0.0984. The number of hydrogen-bond acceptors (Lipinski definition) is 3. The maximum Gasteiger partial charge on any atom is 0.251 e. The lowest BCUT2D eigenvalue weighted by molar-refractivity contribution is 0.600. The first-order valence-electron chi connectivity index (χ1n) is 6.26. The molecule has 0 saturated carbocycles. The Morgan fingerprint density at radius 3 is 2.50 bits per heavy atom. The zero-order chi connectivity index (χ0) is 13.0. The Morgan fingerprint density at radius 1 is 1.22 bits per heavy atom. The van der Waals surface area contributed by atoms with Gasteiger partial charge in [-0.05, 0) is 25.0 Å². The number of aromatic nitrogens is 3. The number of H-pyrrole nitrogens is 1. The summed E-state index contributed by atoms with van der Waals surface area (Å²) in [5.41, 5.74) is 1.53. The van der Waals surface area contributed by atoms with Gasteiger partial charge in [-0.3, -0.25) is 9.78 Å². The molecule has 94 valence electrons. The molecule has 4 nitrogen and oxygen atoms in total. The fourth-order valence-electron chi connectivity index (χ4n) is 2.02. The van der Waals surface area contributed by atoms with Crippen molar-refractivity contribution in [3.63, 3.8) is 0 Å². The van der Waals surface area contributed by atoms with Gasteiger partial charge in [0.25, 0.3) is 5.56 Å². The molecule has 2 aromatic heterocycles. The summed E-state index contributed by atoms with van der Waals surface area (Å²) in [5.74, 6) is 1.08. The van der Waals surface area contributed by atoms with E-state index in [0.29, 0.717) is 11.6 Å². The summed E-state index contributed by atoms with van der Waals surface area (Å²) in [7, 11) is 0. The Bertz CT molecular complexity index is 559. The minimum absolute atomic E-state index is 0.0984. The first-order valence-corrected chi connectivity index (χ1v) is 6.26. The molecular formula is C14H17N3O. The van der Waals surface area contributed by atoms with E-state index in [2.05, 4.69) is 28.8 Å². The molecule has 0 aliphatic rings. The summed E-state index contributed by atoms with van der Waals surface area (Å²) in [6, 6.07) is 5.25. The molecular weight excluding hydrogens is 226 g/mol. The van der Waals surface area contributed by atoms with E-state index in [1.807, 2.05) is 12.1 Å². The Kier molecular flexibility index (Phi) is 3.87. The Hall–Kier alpha value is -1.97. The van der Waals surface area contributed by atoms with Gasteiger partial charge in [0.05, 0.1) is 5.69 Å². The van der Waals surface area contributed by atoms with E-state index in [-0.39, 0.29) is 5.56 Å². The normalized spacial score (nSPS) is 10.8. The highest BCUT2D eigenvalue weighted by atomic mass is 16.1. The number of nitrogens with one attached hydrogen (secondary N) is 1. The highest BCUT2D eigenvalue weighted by Crippen LogP contribution is 2.21. The van der Waals surface area contributed by atoms with Crippen molar-refractivity contribution in [3.05, 3.63) is 46.8 Å². The molecule has 18 heavy (non-hydrogen) atoms. The predicted octanol–water partition coefficient (Wildman–Crippen LogP) is 2.74. The third kappa shape index (κ3) is 2.64. The van der Waals surface area contributed by atoms with Gasteiger partial charge >= 0.3 is 0 Å². The highest BCUT2D eigenvalue weighted by Gasteiger charge is 2.11. The van der Waals surface area contributed by atoms with Gasteiger partial charge in [-0.1, -0.05) is 13.8 Å². The molecule has 0 unspecified atom stereocenters. The molecule has 0 amide bonds. The molecule has 0 atom stereocenters. The Morgan fingerprint density at radius 2 is 1.89 bits per heavy atom. The van der Waals surface area contributed by atoms with Crippen molar-refractivity contribution >= 4 is 0 Å². The molecule has 4 heteroatoms. The molecule has 0 radical (unpaired) electrons. The summed E-state index contributed by atoms with van der Waals surface area (Å²) in [6.45, 7) is 4.21. The van der Waals surface area contributed by atoms with Gasteiger partial charge in [-0.2, -0.15) is 0 Å². The van der Waals surface area contributed by atoms with Gasteiger partial charge in [0.15, 0.2) is 0 Å². The summed E-state index contributed by atoms with van der Waals surface area (Å²) in [6.07, 6.45) is 5.35. The van der Waals surface area contributed by atoms with E-state index in [1.54, 1.807) is 12.4 Å². The van der Waals surface area contributed by atoms with E-state index in [4.69, 9.17) is 0 Å². The maximum absolute atomic E-state index is 11.7. The number of hydrogen-bond donors (Lipinski definition) is 1. The number of pyridine rings is 1. The van der Waals surface area contributed by atoms with Crippen LogP contribution in [0.1, 0.15) is 38.4 Å². The van der Waals surface area contributed by atoms with E-state index in [0.717, 1.165) is 24.2 Å². The van der Waals surface area contributed by atoms with Crippen LogP contribution in [-0.4, -0.2) is 15.0 Å². The quantitative estimate of drug-likeness (QED) is 0.898. The topological polar surface area (TPSA) is 58.6 Å². The highest BCUT2D eigenvalue weighted by molar-refractivity contribution is 5.57. The molecule has 0 saturated heterocycles. The largest absolute Gasteiger partial charge is 0.310 e. The summed E-state index contributed by atoms with van der Waals surface area (Å²) >= 11 is 0. The standard InChI is InChI=1S/C14H17N3O/c1-3-10(4-2)14-16-12(9-13(18)17-14)11-5-7-15-8-6-11/h5-10H,3-4H2,1-2H3,(H,16,17,18). The third-order valence-electron chi connectivity index (χ3n) is 3.11. The van der Waals surface area contributed by atoms with Gasteiger partial charge in [0.2, 0.25) is 0 Å². The van der Waals surface area contributed by atoms with Gasteiger partial charge < -0.3 is 4.98 Å². The second-order valence-electron chi connectivity index (χ2n) is 4.27. The maximum atomic E-state index is 11.7. The third-order valence-corrected chi connectivity index (χ3v) is 3.11. The van der Waals surface area contributed by atoms with Crippen LogP contribution in [0.5, 0.6) is 0 Å². The molecule has 0 bridgehead atoms. The molecule has 0 aliphatic heterocycles. The average molecular weight is 243 g/mol. The van der Waals surface area contributed by atoms with Crippen molar-refractivity contribution in [1.82, 2.24) is 15.0 Å². The summed E-state index contributed by atoms with van der Waals surface area (Å²) in [4.78, 5) is 23.1. The van der Waals surface area contributed by atoms with Crippen LogP contribution in [0.25, 0.3) is 11.3 Å². The van der Waals surface area contributed by atoms with Crippen molar-refractivity contribution in [2.75, 3.05) is 0 Å². The first-order chi connectivity index (χ1) is 8.74. The van der Waals surface area contributed by atoms with Gasteiger partial charge in [0, 0.05) is 29.9 Å². The van der Waals surface area contributed by atoms with E-state index < -0.39 is 0 Å². The average Bonchev–Trinajstić information content (AvgIpc) is 2.40. The van der Waals surface area contributed by atoms with E-state index in [9.17, 15) is 4.79 Å². The van der Waals surface area contributed by atoms with Crippen molar-refractivity contribution in [2.45, 2.75) is 32.6 Å². The van der Waals surface area contributed by atoms with Crippen LogP contribution in [0.3, 0.4) is 0 Å². The van der Waals surface area contributed by atoms with E-state index in [1.165, 1.54) is 6.07 Å². The molecule has 2 rings (SSSR count). The predicted molar refractivity (Wildman–Crippen MR) is 71.4 cm³/mol. The zero-order valence-electron chi connectivity index (χ0n) is 10.7. The second-order valence-corrected chi connectivity index (χ2v) is 4.27. The van der Waals surface area contributed by atoms with Crippen molar-refractivity contribution in [1.29, 1.82) is 0 Å². The lowest BCUT2D eigenvalue weighted by atomic mass is 10.0. The fraction of sp³-hybridized carbons (Fsp3) is 0.357. The summed E-state index contributed by atoms with van der Waals surface area (Å²) < 4.78 is 0. The molecule has 2 heterocycles. The smallest absolute Gasteiger partial charge is 0.251 e. The Balaban J connectivity index is 2.48. The SMILES string of the molecule is CCC(CC)c1nc(-c2ccncc2)cc(=O)[nH]1. The lowest BCUT2D eigenvalue weighted by Crippen LogP contribution is -2.14. The van der Waals surface area contributed by atoms with Crippen LogP contribution >= 0.6 is 0 Å². The first kappa shape index (κ1) is 12.5. The molecule has 2 aromatic rings. The van der Waals surface area contributed by atoms with Gasteiger partial charge in [-0.25, -0.2) is 4.98 Å². The van der Waals surface area contributed by atoms with Crippen LogP contribution in [0.2, 0.25) is 0 Å². The Labute approximate surface area is 106 Å². The fourth-order valence-corrected chi connectivity index (χ4v) is 2.02. The number of rotatable bonds is 4. The van der Waals surface area contributed by atoms with Crippen LogP contribution in [0.15, 0.2) is 35.4 Å². The molecule has 0 spiro atoms. The molecule has 0 aromatic carbocycles. The van der Waals surface area contributed by atoms with Crippen LogP contribution < -0.4 is 5.56 Å². The van der Waals surface area contributed by atoms with E-state index >= 15 is 0 Å². The second kappa shape index (κ2) is 5.58. The van der Waals surface area contributed by atoms with Crippen LogP contribution in [0, 0.1) is 0 Å². The van der Waals surface area contributed by atoms with Crippen molar-refractivity contribution < 1.29 is 0 Å². The van der Waals surface area contributed by atoms with Gasteiger partial charge in [-0.15, -0.1) is 0 Å². The summed E-state index contributed by atoms with van der Waals surface area (Å²) in [5, 5.41) is 0. The lowest BCUT2D eigenvalue weighted by Gasteiger charge is -2.12. The van der Waals surface area contributed by atoms with Crippen LogP contribution in [0.4, 0.5) is 0 Å². The number of nitrogens with zero attached hydrogens (tertiary/aromatic N) is 2. The minimum Gasteiger partial charge on any atom is -0.310 e. The van der Waals surface area contributed by atoms with Crippen LogP contribution in [-0.2, 0) is 0 Å². The van der Waals surface area contributed by atoms with Crippen molar-refractivity contribution in [3.8, 4) is 11.3 Å².